The van der Waals surface area contributed by atoms with Crippen LogP contribution >= 0.6 is 11.6 Å². The van der Waals surface area contributed by atoms with E-state index in [1.165, 1.54) is 6.07 Å². The molecule has 0 saturated heterocycles. The highest BCUT2D eigenvalue weighted by Crippen LogP contribution is 2.33. The molecule has 1 N–H and O–H groups in total. The van der Waals surface area contributed by atoms with E-state index >= 15 is 0 Å². The molecule has 0 unspecified atom stereocenters. The predicted molar refractivity (Wildman–Crippen MR) is 75.0 cm³/mol. The number of aryl methyl sites for hydroxylation is 1. The van der Waals surface area contributed by atoms with Crippen molar-refractivity contribution in [1.82, 2.24) is 0 Å². The number of benzene rings is 2. The van der Waals surface area contributed by atoms with Crippen molar-refractivity contribution >= 4 is 17.3 Å². The lowest BCUT2D eigenvalue weighted by Gasteiger charge is -2.12. The van der Waals surface area contributed by atoms with Gasteiger partial charge in [0.15, 0.2) is 0 Å². The van der Waals surface area contributed by atoms with E-state index in [-0.39, 0.29) is 5.02 Å². The van der Waals surface area contributed by atoms with Crippen molar-refractivity contribution in [2.75, 3.05) is 5.32 Å². The standard InChI is InChI=1S/C15H13ClF3N/c1-10-2-4-11(5-3-10)9-20-14-7-6-12(8-13(14)16)15(17,18)19/h2-8,20H,9H2,1H3. The summed E-state index contributed by atoms with van der Waals surface area (Å²) in [6, 6.07) is 11.2. The topological polar surface area (TPSA) is 12.0 Å². The molecule has 2 rings (SSSR count). The van der Waals surface area contributed by atoms with Crippen molar-refractivity contribution in [1.29, 1.82) is 0 Å². The summed E-state index contributed by atoms with van der Waals surface area (Å²) in [7, 11) is 0. The van der Waals surface area contributed by atoms with Gasteiger partial charge in [-0.25, -0.2) is 0 Å². The van der Waals surface area contributed by atoms with Crippen LogP contribution in [0.3, 0.4) is 0 Å². The average molecular weight is 300 g/mol. The molecule has 0 bridgehead atoms. The van der Waals surface area contributed by atoms with Crippen LogP contribution in [0.15, 0.2) is 42.5 Å². The van der Waals surface area contributed by atoms with Crippen LogP contribution in [0.1, 0.15) is 16.7 Å². The molecule has 0 heterocycles. The molecule has 0 spiro atoms. The second-order valence-electron chi connectivity index (χ2n) is 4.53. The van der Waals surface area contributed by atoms with Gasteiger partial charge < -0.3 is 5.32 Å². The largest absolute Gasteiger partial charge is 0.416 e. The van der Waals surface area contributed by atoms with Crippen LogP contribution < -0.4 is 5.32 Å². The lowest BCUT2D eigenvalue weighted by atomic mass is 10.1. The van der Waals surface area contributed by atoms with Gasteiger partial charge in [0.2, 0.25) is 0 Å². The summed E-state index contributed by atoms with van der Waals surface area (Å²) in [6.45, 7) is 2.50. The normalized spacial score (nSPS) is 11.4. The number of hydrogen-bond donors (Lipinski definition) is 1. The third kappa shape index (κ3) is 3.67. The molecule has 0 saturated carbocycles. The van der Waals surface area contributed by atoms with Crippen LogP contribution in [0.5, 0.6) is 0 Å². The van der Waals surface area contributed by atoms with Crippen molar-refractivity contribution < 1.29 is 13.2 Å². The van der Waals surface area contributed by atoms with Crippen LogP contribution in [0.2, 0.25) is 5.02 Å². The Morgan fingerprint density at radius 1 is 1.05 bits per heavy atom. The summed E-state index contributed by atoms with van der Waals surface area (Å²) < 4.78 is 37.5. The highest BCUT2D eigenvalue weighted by atomic mass is 35.5. The van der Waals surface area contributed by atoms with Gasteiger partial charge in [-0.05, 0) is 30.7 Å². The molecule has 0 aliphatic heterocycles. The van der Waals surface area contributed by atoms with Gasteiger partial charge in [-0.2, -0.15) is 13.2 Å². The molecule has 0 fully saturated rings. The molecule has 0 radical (unpaired) electrons. The summed E-state index contributed by atoms with van der Waals surface area (Å²) >= 11 is 5.86. The Hall–Kier alpha value is -1.68. The number of hydrogen-bond acceptors (Lipinski definition) is 1. The van der Waals surface area contributed by atoms with Gasteiger partial charge in [0.05, 0.1) is 16.3 Å². The third-order valence-electron chi connectivity index (χ3n) is 2.90. The van der Waals surface area contributed by atoms with Gasteiger partial charge in [0, 0.05) is 6.54 Å². The molecule has 0 aromatic heterocycles. The molecular formula is C15H13ClF3N. The van der Waals surface area contributed by atoms with Crippen LogP contribution in [-0.4, -0.2) is 0 Å². The average Bonchev–Trinajstić information content (AvgIpc) is 2.38. The van der Waals surface area contributed by atoms with Gasteiger partial charge in [0.25, 0.3) is 0 Å². The molecule has 0 amide bonds. The van der Waals surface area contributed by atoms with Crippen molar-refractivity contribution in [3.05, 3.63) is 64.2 Å². The first-order chi connectivity index (χ1) is 9.36. The fourth-order valence-electron chi connectivity index (χ4n) is 1.74. The summed E-state index contributed by atoms with van der Waals surface area (Å²) in [6.07, 6.45) is -4.38. The Bertz CT molecular complexity index is 591. The lowest BCUT2D eigenvalue weighted by Crippen LogP contribution is -2.06. The van der Waals surface area contributed by atoms with Gasteiger partial charge in [-0.1, -0.05) is 41.4 Å². The van der Waals surface area contributed by atoms with Crippen LogP contribution in [-0.2, 0) is 12.7 Å². The van der Waals surface area contributed by atoms with Crippen LogP contribution in [0, 0.1) is 6.92 Å². The first kappa shape index (κ1) is 14.7. The predicted octanol–water partition coefficient (Wildman–Crippen LogP) is 5.28. The zero-order valence-electron chi connectivity index (χ0n) is 10.8. The number of nitrogens with one attached hydrogen (secondary N) is 1. The summed E-state index contributed by atoms with van der Waals surface area (Å²) in [5.41, 5.74) is 1.93. The first-order valence-corrected chi connectivity index (χ1v) is 6.40. The monoisotopic (exact) mass is 299 g/mol. The molecule has 106 valence electrons. The lowest BCUT2D eigenvalue weighted by molar-refractivity contribution is -0.137. The van der Waals surface area contributed by atoms with E-state index in [0.717, 1.165) is 23.3 Å². The van der Waals surface area contributed by atoms with Gasteiger partial charge in [0.1, 0.15) is 0 Å². The molecule has 2 aromatic carbocycles. The van der Waals surface area contributed by atoms with Crippen molar-refractivity contribution in [2.24, 2.45) is 0 Å². The fraction of sp³-hybridized carbons (Fsp3) is 0.200. The molecule has 0 aliphatic carbocycles. The van der Waals surface area contributed by atoms with E-state index in [0.29, 0.717) is 12.2 Å². The van der Waals surface area contributed by atoms with Gasteiger partial charge in [-0.3, -0.25) is 0 Å². The fourth-order valence-corrected chi connectivity index (χ4v) is 1.99. The van der Waals surface area contributed by atoms with E-state index in [4.69, 9.17) is 11.6 Å². The zero-order valence-corrected chi connectivity index (χ0v) is 11.5. The Morgan fingerprint density at radius 2 is 1.70 bits per heavy atom. The highest BCUT2D eigenvalue weighted by Gasteiger charge is 2.30. The molecule has 0 atom stereocenters. The Balaban J connectivity index is 2.08. The summed E-state index contributed by atoms with van der Waals surface area (Å²) in [5.74, 6) is 0. The number of halogens is 4. The minimum absolute atomic E-state index is 0.0620. The summed E-state index contributed by atoms with van der Waals surface area (Å²) in [4.78, 5) is 0. The molecule has 5 heteroatoms. The van der Waals surface area contributed by atoms with E-state index in [2.05, 4.69) is 5.32 Å². The Labute approximate surface area is 120 Å². The van der Waals surface area contributed by atoms with Crippen molar-refractivity contribution in [2.45, 2.75) is 19.6 Å². The van der Waals surface area contributed by atoms with Crippen LogP contribution in [0.25, 0.3) is 0 Å². The molecular weight excluding hydrogens is 287 g/mol. The highest BCUT2D eigenvalue weighted by molar-refractivity contribution is 6.33. The van der Waals surface area contributed by atoms with E-state index in [9.17, 15) is 13.2 Å². The Kier molecular flexibility index (Phi) is 4.23. The first-order valence-electron chi connectivity index (χ1n) is 6.02. The maximum atomic E-state index is 12.5. The molecule has 2 aromatic rings. The quantitative estimate of drug-likeness (QED) is 0.813. The maximum absolute atomic E-state index is 12.5. The van der Waals surface area contributed by atoms with Crippen molar-refractivity contribution in [3.63, 3.8) is 0 Å². The van der Waals surface area contributed by atoms with E-state index in [1.54, 1.807) is 0 Å². The third-order valence-corrected chi connectivity index (χ3v) is 3.21. The SMILES string of the molecule is Cc1ccc(CNc2ccc(C(F)(F)F)cc2Cl)cc1. The van der Waals surface area contributed by atoms with Crippen molar-refractivity contribution in [3.8, 4) is 0 Å². The van der Waals surface area contributed by atoms with E-state index in [1.807, 2.05) is 31.2 Å². The number of alkyl halides is 3. The van der Waals surface area contributed by atoms with E-state index < -0.39 is 11.7 Å². The zero-order chi connectivity index (χ0) is 14.8. The van der Waals surface area contributed by atoms with Gasteiger partial charge >= 0.3 is 6.18 Å². The van der Waals surface area contributed by atoms with Crippen LogP contribution in [0.4, 0.5) is 18.9 Å². The minimum Gasteiger partial charge on any atom is -0.380 e. The molecule has 20 heavy (non-hydrogen) atoms. The molecule has 0 aliphatic rings. The molecule has 1 nitrogen and oxygen atoms in total. The Morgan fingerprint density at radius 3 is 2.25 bits per heavy atom. The second-order valence-corrected chi connectivity index (χ2v) is 4.94. The second kappa shape index (κ2) is 5.75. The maximum Gasteiger partial charge on any atom is 0.416 e. The number of anilines is 1. The number of rotatable bonds is 3. The van der Waals surface area contributed by atoms with Gasteiger partial charge in [-0.15, -0.1) is 0 Å². The smallest absolute Gasteiger partial charge is 0.380 e. The minimum atomic E-state index is -4.38. The summed E-state index contributed by atoms with van der Waals surface area (Å²) in [5, 5.41) is 3.09.